The first-order valence-corrected chi connectivity index (χ1v) is 5.80. The minimum Gasteiger partial charge on any atom is -0.506 e. The van der Waals surface area contributed by atoms with Gasteiger partial charge in [0, 0.05) is 16.6 Å². The van der Waals surface area contributed by atoms with Crippen LogP contribution in [0.25, 0.3) is 0 Å². The molecule has 0 radical (unpaired) electrons. The molecule has 0 aromatic heterocycles. The molecule has 1 heterocycles. The van der Waals surface area contributed by atoms with Gasteiger partial charge in [0.15, 0.2) is 0 Å². The van der Waals surface area contributed by atoms with Gasteiger partial charge in [-0.15, -0.1) is 0 Å². The predicted octanol–water partition coefficient (Wildman–Crippen LogP) is 2.54. The second-order valence-electron chi connectivity index (χ2n) is 3.03. The Labute approximate surface area is 98.7 Å². The lowest BCUT2D eigenvalue weighted by molar-refractivity contribution is 0.0996. The molecule has 1 aromatic rings. The van der Waals surface area contributed by atoms with Gasteiger partial charge in [0.25, 0.3) is 0 Å². The highest BCUT2D eigenvalue weighted by molar-refractivity contribution is 9.11. The van der Waals surface area contributed by atoms with Crippen molar-refractivity contribution < 1.29 is 9.84 Å². The highest BCUT2D eigenvalue weighted by Gasteiger charge is 2.21. The zero-order chi connectivity index (χ0) is 10.1. The summed E-state index contributed by atoms with van der Waals surface area (Å²) in [6.07, 6.45) is -0.205. The lowest BCUT2D eigenvalue weighted by atomic mass is 10.2. The van der Waals surface area contributed by atoms with E-state index in [2.05, 4.69) is 37.2 Å². The van der Waals surface area contributed by atoms with Gasteiger partial charge in [-0.1, -0.05) is 15.9 Å². The number of benzene rings is 1. The highest BCUT2D eigenvalue weighted by atomic mass is 79.9. The maximum Gasteiger partial charge on any atom is 0.138 e. The summed E-state index contributed by atoms with van der Waals surface area (Å²) >= 11 is 6.65. The van der Waals surface area contributed by atoms with E-state index >= 15 is 0 Å². The molecular weight excluding hydrogens is 314 g/mol. The van der Waals surface area contributed by atoms with Gasteiger partial charge in [0.1, 0.15) is 12.0 Å². The monoisotopic (exact) mass is 321 g/mol. The molecule has 2 rings (SSSR count). The van der Waals surface area contributed by atoms with Crippen LogP contribution in [0, 0.1) is 0 Å². The fraction of sp³-hybridized carbons (Fsp3) is 0.333. The average Bonchev–Trinajstić information content (AvgIpc) is 2.63. The molecule has 1 aliphatic heterocycles. The molecule has 14 heavy (non-hydrogen) atoms. The van der Waals surface area contributed by atoms with Crippen LogP contribution in [0.3, 0.4) is 0 Å². The summed E-state index contributed by atoms with van der Waals surface area (Å²) in [6.45, 7) is 1.49. The van der Waals surface area contributed by atoms with Gasteiger partial charge < -0.3 is 9.84 Å². The van der Waals surface area contributed by atoms with E-state index < -0.39 is 0 Å². The topological polar surface area (TPSA) is 41.5 Å². The molecule has 3 nitrogen and oxygen atoms in total. The first-order valence-electron chi connectivity index (χ1n) is 4.21. The van der Waals surface area contributed by atoms with E-state index in [9.17, 15) is 5.11 Å². The SMILES string of the molecule is Oc1c(Br)cc(Br)cc1C1NCCO1. The maximum absolute atomic E-state index is 9.79. The van der Waals surface area contributed by atoms with E-state index in [0.29, 0.717) is 11.1 Å². The number of halogens is 2. The van der Waals surface area contributed by atoms with E-state index in [1.807, 2.05) is 6.07 Å². The highest BCUT2D eigenvalue weighted by Crippen LogP contribution is 2.36. The Morgan fingerprint density at radius 3 is 2.86 bits per heavy atom. The number of hydrogen-bond acceptors (Lipinski definition) is 3. The average molecular weight is 323 g/mol. The quantitative estimate of drug-likeness (QED) is 0.835. The molecule has 0 spiro atoms. The number of nitrogens with one attached hydrogen (secondary N) is 1. The van der Waals surface area contributed by atoms with Crippen molar-refractivity contribution in [1.82, 2.24) is 5.32 Å². The van der Waals surface area contributed by atoms with Crippen LogP contribution in [0.4, 0.5) is 0 Å². The zero-order valence-corrected chi connectivity index (χ0v) is 10.4. The molecule has 76 valence electrons. The number of phenolic OH excluding ortho intramolecular Hbond substituents is 1. The summed E-state index contributed by atoms with van der Waals surface area (Å²) in [4.78, 5) is 0. The van der Waals surface area contributed by atoms with Crippen LogP contribution < -0.4 is 5.32 Å². The number of aromatic hydroxyl groups is 1. The maximum atomic E-state index is 9.79. The summed E-state index contributed by atoms with van der Waals surface area (Å²) in [5.74, 6) is 0.229. The summed E-state index contributed by atoms with van der Waals surface area (Å²) < 4.78 is 6.99. The third-order valence-electron chi connectivity index (χ3n) is 2.06. The lowest BCUT2D eigenvalue weighted by Gasteiger charge is -2.13. The summed E-state index contributed by atoms with van der Waals surface area (Å²) in [5.41, 5.74) is 0.753. The van der Waals surface area contributed by atoms with Crippen molar-refractivity contribution in [3.05, 3.63) is 26.6 Å². The zero-order valence-electron chi connectivity index (χ0n) is 7.26. The lowest BCUT2D eigenvalue weighted by Crippen LogP contribution is -2.14. The van der Waals surface area contributed by atoms with Crippen LogP contribution in [0.1, 0.15) is 11.8 Å². The summed E-state index contributed by atoms with van der Waals surface area (Å²) in [7, 11) is 0. The third-order valence-corrected chi connectivity index (χ3v) is 3.12. The van der Waals surface area contributed by atoms with Crippen LogP contribution >= 0.6 is 31.9 Å². The van der Waals surface area contributed by atoms with Crippen molar-refractivity contribution in [2.24, 2.45) is 0 Å². The van der Waals surface area contributed by atoms with Gasteiger partial charge in [-0.2, -0.15) is 0 Å². The Morgan fingerprint density at radius 1 is 1.43 bits per heavy atom. The van der Waals surface area contributed by atoms with Gasteiger partial charge in [0.2, 0.25) is 0 Å². The van der Waals surface area contributed by atoms with Crippen molar-refractivity contribution >= 4 is 31.9 Å². The van der Waals surface area contributed by atoms with Crippen LogP contribution in [-0.2, 0) is 4.74 Å². The molecule has 0 saturated carbocycles. The van der Waals surface area contributed by atoms with Gasteiger partial charge in [0.05, 0.1) is 11.1 Å². The molecule has 1 atom stereocenters. The Hall–Kier alpha value is -0.100. The van der Waals surface area contributed by atoms with E-state index in [1.54, 1.807) is 6.07 Å². The Kier molecular flexibility index (Phi) is 3.11. The normalized spacial score (nSPS) is 21.4. The molecule has 1 aliphatic rings. The van der Waals surface area contributed by atoms with Crippen LogP contribution in [0.15, 0.2) is 21.1 Å². The second-order valence-corrected chi connectivity index (χ2v) is 4.80. The van der Waals surface area contributed by atoms with E-state index in [4.69, 9.17) is 4.74 Å². The summed E-state index contributed by atoms with van der Waals surface area (Å²) in [6, 6.07) is 3.65. The molecule has 1 saturated heterocycles. The Bertz CT molecular complexity index is 351. The number of hydrogen-bond donors (Lipinski definition) is 2. The third kappa shape index (κ3) is 1.95. The molecule has 5 heteroatoms. The first kappa shape index (κ1) is 10.4. The van der Waals surface area contributed by atoms with Crippen molar-refractivity contribution in [2.75, 3.05) is 13.2 Å². The minimum atomic E-state index is -0.205. The number of ether oxygens (including phenoxy) is 1. The molecule has 1 aromatic carbocycles. The first-order chi connectivity index (χ1) is 6.68. The Balaban J connectivity index is 2.40. The molecule has 0 amide bonds. The fourth-order valence-electron chi connectivity index (χ4n) is 1.41. The van der Waals surface area contributed by atoms with Gasteiger partial charge >= 0.3 is 0 Å². The second kappa shape index (κ2) is 4.18. The van der Waals surface area contributed by atoms with Crippen LogP contribution in [0.5, 0.6) is 5.75 Å². The van der Waals surface area contributed by atoms with Crippen molar-refractivity contribution in [3.8, 4) is 5.75 Å². The number of rotatable bonds is 1. The van der Waals surface area contributed by atoms with Gasteiger partial charge in [-0.3, -0.25) is 5.32 Å². The molecule has 2 N–H and O–H groups in total. The van der Waals surface area contributed by atoms with Gasteiger partial charge in [-0.25, -0.2) is 0 Å². The van der Waals surface area contributed by atoms with Crippen molar-refractivity contribution in [3.63, 3.8) is 0 Å². The van der Waals surface area contributed by atoms with Crippen molar-refractivity contribution in [1.29, 1.82) is 0 Å². The Morgan fingerprint density at radius 2 is 2.21 bits per heavy atom. The number of phenols is 1. The summed E-state index contributed by atoms with van der Waals surface area (Å²) in [5, 5.41) is 12.9. The standard InChI is InChI=1S/C9H9Br2NO2/c10-5-3-6(8(13)7(11)4-5)9-12-1-2-14-9/h3-4,9,12-13H,1-2H2. The van der Waals surface area contributed by atoms with E-state index in [0.717, 1.165) is 16.6 Å². The smallest absolute Gasteiger partial charge is 0.138 e. The van der Waals surface area contributed by atoms with E-state index in [-0.39, 0.29) is 12.0 Å². The van der Waals surface area contributed by atoms with E-state index in [1.165, 1.54) is 0 Å². The molecule has 1 unspecified atom stereocenters. The molecular formula is C9H9Br2NO2. The van der Waals surface area contributed by atoms with Crippen LogP contribution in [-0.4, -0.2) is 18.3 Å². The molecule has 0 bridgehead atoms. The minimum absolute atomic E-state index is 0.205. The fourth-order valence-corrected chi connectivity index (χ4v) is 2.67. The van der Waals surface area contributed by atoms with Crippen molar-refractivity contribution in [2.45, 2.75) is 6.23 Å². The largest absolute Gasteiger partial charge is 0.506 e. The molecule has 1 fully saturated rings. The molecule has 0 aliphatic carbocycles. The predicted molar refractivity (Wildman–Crippen MR) is 60.2 cm³/mol. The van der Waals surface area contributed by atoms with Gasteiger partial charge in [-0.05, 0) is 28.1 Å². The van der Waals surface area contributed by atoms with Crippen LogP contribution in [0.2, 0.25) is 0 Å².